The van der Waals surface area contributed by atoms with Gasteiger partial charge in [0, 0.05) is 12.8 Å². The van der Waals surface area contributed by atoms with Crippen molar-refractivity contribution >= 4 is 17.9 Å². The number of aliphatic carboxylic acids is 1. The fourth-order valence-electron chi connectivity index (χ4n) is 11.7. The lowest BCUT2D eigenvalue weighted by Gasteiger charge is -2.25. The predicted octanol–water partition coefficient (Wildman–Crippen LogP) is 26.8. The van der Waals surface area contributed by atoms with Crippen molar-refractivity contribution in [2.45, 2.75) is 373 Å². The van der Waals surface area contributed by atoms with E-state index in [0.29, 0.717) is 23.9 Å². The molecule has 0 aromatic rings. The Morgan fingerprint density at radius 3 is 0.859 bits per heavy atom. The van der Waals surface area contributed by atoms with Crippen LogP contribution in [0.25, 0.3) is 0 Å². The van der Waals surface area contributed by atoms with Crippen LogP contribution in [0.3, 0.4) is 0 Å². The molecule has 0 saturated carbocycles. The van der Waals surface area contributed by atoms with E-state index in [2.05, 4.69) is 148 Å². The van der Waals surface area contributed by atoms with Crippen molar-refractivity contribution in [1.82, 2.24) is 0 Å². The van der Waals surface area contributed by atoms with Crippen LogP contribution in [0, 0.1) is 0 Å². The lowest BCUT2D eigenvalue weighted by molar-refractivity contribution is -0.870. The summed E-state index contributed by atoms with van der Waals surface area (Å²) in [6, 6.07) is 0. The molecule has 0 saturated heterocycles. The van der Waals surface area contributed by atoms with E-state index in [4.69, 9.17) is 18.9 Å². The van der Waals surface area contributed by atoms with Gasteiger partial charge in [0.05, 0.1) is 34.4 Å². The number of ether oxygens (including phenoxy) is 4. The van der Waals surface area contributed by atoms with Gasteiger partial charge < -0.3 is 28.5 Å². The molecule has 1 N–H and O–H groups in total. The SMILES string of the molecule is CC/C=C\C/C=C\C/C=C\C/C=C\C/C=C\C/C=C\C/C=C\C/C=C\C/C=C\C/C=C\C/C=C\CCCCCCCC(=O)OC(COC(=O)CCCCCCCCCCCCCCCCCCCCCCCCCCCCCCCCCCCCC)COC(OCC[N+](C)(C)C)C(=O)O. The van der Waals surface area contributed by atoms with Crippen molar-refractivity contribution in [2.24, 2.45) is 0 Å². The molecule has 2 unspecified atom stereocenters. The van der Waals surface area contributed by atoms with Gasteiger partial charge in [0.15, 0.2) is 6.10 Å². The molecule has 0 amide bonds. The Bertz CT molecular complexity index is 2100. The number of rotatable bonds is 76. The van der Waals surface area contributed by atoms with Crippen LogP contribution in [0.5, 0.6) is 0 Å². The van der Waals surface area contributed by atoms with Crippen LogP contribution in [-0.2, 0) is 33.3 Å². The lowest BCUT2D eigenvalue weighted by atomic mass is 10.0. The molecule has 9 nitrogen and oxygen atoms in total. The number of quaternary nitrogens is 1. The zero-order valence-electron chi connectivity index (χ0n) is 65.1. The number of allylic oxidation sites excluding steroid dienone is 22. The van der Waals surface area contributed by atoms with E-state index in [1.165, 1.54) is 205 Å². The zero-order chi connectivity index (χ0) is 71.8. The van der Waals surface area contributed by atoms with Gasteiger partial charge >= 0.3 is 17.9 Å². The summed E-state index contributed by atoms with van der Waals surface area (Å²) in [7, 11) is 5.98. The fourth-order valence-corrected chi connectivity index (χ4v) is 11.7. The molecule has 568 valence electrons. The van der Waals surface area contributed by atoms with E-state index >= 15 is 0 Å². The van der Waals surface area contributed by atoms with E-state index < -0.39 is 24.3 Å². The summed E-state index contributed by atoms with van der Waals surface area (Å²) in [6.45, 7) is 4.78. The topological polar surface area (TPSA) is 108 Å². The van der Waals surface area contributed by atoms with E-state index in [-0.39, 0.29) is 32.2 Å². The second-order valence-electron chi connectivity index (χ2n) is 28.7. The molecule has 0 aromatic carbocycles. The van der Waals surface area contributed by atoms with Gasteiger partial charge in [-0.05, 0) is 96.3 Å². The normalized spacial score (nSPS) is 13.3. The molecule has 2 atom stereocenters. The number of nitrogens with zero attached hydrogens (tertiary/aromatic N) is 1. The lowest BCUT2D eigenvalue weighted by Crippen LogP contribution is -2.40. The first-order valence-electron chi connectivity index (χ1n) is 41.3. The van der Waals surface area contributed by atoms with E-state index in [1.807, 2.05) is 21.1 Å². The standard InChI is InChI=1S/C90H155NO8/c1-6-8-10-12-14-16-18-20-22-24-26-28-30-32-34-36-38-40-42-43-44-45-47-49-51-53-55-57-59-61-63-65-67-69-71-73-75-77-79-81-88(93)99-86(85-98-90(89(94)95)96-83-82-91(3,4)5)84-97-87(92)80-78-76-74-72-70-68-66-64-62-60-58-56-54-52-50-48-46-41-39-37-35-33-31-29-27-25-23-21-19-17-15-13-11-9-7-2/h8,10,14,16,20,22,26,28,32,34,38,40,43-44,47,49,53,55,59,61,65,67,86,90H,6-7,9,11-13,15,17-19,21,23-25,27,29-31,33,35-37,39,41-42,45-46,48,50-52,54,56-58,60,62-64,66,68-85H2,1-5H3/p+1/b10-8-,16-14-,22-20-,28-26-,34-32-,40-38-,44-43-,49-47-,55-53-,61-59-,67-65-. The number of carbonyl (C=O) groups excluding carboxylic acids is 2. The largest absolute Gasteiger partial charge is 0.477 e. The van der Waals surface area contributed by atoms with Crippen LogP contribution in [0.2, 0.25) is 0 Å². The highest BCUT2D eigenvalue weighted by atomic mass is 16.7. The number of esters is 2. The van der Waals surface area contributed by atoms with Crippen molar-refractivity contribution in [1.29, 1.82) is 0 Å². The molecule has 0 bridgehead atoms. The third-order valence-electron chi connectivity index (χ3n) is 17.9. The molecule has 0 fully saturated rings. The van der Waals surface area contributed by atoms with Gasteiger partial charge in [-0.2, -0.15) is 0 Å². The van der Waals surface area contributed by atoms with Gasteiger partial charge in [-0.3, -0.25) is 9.59 Å². The summed E-state index contributed by atoms with van der Waals surface area (Å²) in [5, 5.41) is 9.78. The second-order valence-corrected chi connectivity index (χ2v) is 28.7. The molecule has 0 aliphatic heterocycles. The summed E-state index contributed by atoms with van der Waals surface area (Å²) >= 11 is 0. The number of likely N-dealkylation sites (N-methyl/N-ethyl adjacent to an activating group) is 1. The van der Waals surface area contributed by atoms with Gasteiger partial charge in [-0.1, -0.05) is 385 Å². The Morgan fingerprint density at radius 1 is 0.313 bits per heavy atom. The number of carbonyl (C=O) groups is 3. The first-order chi connectivity index (χ1) is 48.6. The first-order valence-corrected chi connectivity index (χ1v) is 41.3. The van der Waals surface area contributed by atoms with Crippen LogP contribution in [-0.4, -0.2) is 87.4 Å². The van der Waals surface area contributed by atoms with Crippen LogP contribution in [0.15, 0.2) is 134 Å². The molecule has 9 heteroatoms. The monoisotopic (exact) mass is 1380 g/mol. The summed E-state index contributed by atoms with van der Waals surface area (Å²) in [4.78, 5) is 37.8. The minimum Gasteiger partial charge on any atom is -0.477 e. The fraction of sp³-hybridized carbons (Fsp3) is 0.722. The van der Waals surface area contributed by atoms with Crippen molar-refractivity contribution in [3.8, 4) is 0 Å². The predicted molar refractivity (Wildman–Crippen MR) is 428 cm³/mol. The molecule has 0 heterocycles. The van der Waals surface area contributed by atoms with Crippen molar-refractivity contribution in [3.05, 3.63) is 134 Å². The van der Waals surface area contributed by atoms with Crippen LogP contribution in [0.4, 0.5) is 0 Å². The highest BCUT2D eigenvalue weighted by Crippen LogP contribution is 2.19. The number of carboxylic acid groups (broad SMARTS) is 1. The Morgan fingerprint density at radius 2 is 0.576 bits per heavy atom. The quantitative estimate of drug-likeness (QED) is 0.0211. The maximum absolute atomic E-state index is 13.0. The average molecular weight is 1380 g/mol. The van der Waals surface area contributed by atoms with Gasteiger partial charge in [0.1, 0.15) is 13.2 Å². The molecule has 0 spiro atoms. The highest BCUT2D eigenvalue weighted by molar-refractivity contribution is 5.71. The third-order valence-corrected chi connectivity index (χ3v) is 17.9. The number of hydrogen-bond donors (Lipinski definition) is 1. The van der Waals surface area contributed by atoms with E-state index in [1.54, 1.807) is 0 Å². The molecule has 0 rings (SSSR count). The highest BCUT2D eigenvalue weighted by Gasteiger charge is 2.25. The maximum atomic E-state index is 13.0. The number of hydrogen-bond acceptors (Lipinski definition) is 7. The maximum Gasteiger partial charge on any atom is 0.361 e. The van der Waals surface area contributed by atoms with Crippen molar-refractivity contribution < 1.29 is 42.9 Å². The summed E-state index contributed by atoms with van der Waals surface area (Å²) < 4.78 is 23.0. The van der Waals surface area contributed by atoms with Gasteiger partial charge in [0.2, 0.25) is 0 Å². The van der Waals surface area contributed by atoms with E-state index in [0.717, 1.165) is 122 Å². The number of carboxylic acids is 1. The first kappa shape index (κ1) is 94.4. The van der Waals surface area contributed by atoms with Crippen molar-refractivity contribution in [2.75, 3.05) is 47.5 Å². The Kier molecular flexibility index (Phi) is 75.5. The molecule has 99 heavy (non-hydrogen) atoms. The Balaban J connectivity index is 4.09. The second kappa shape index (κ2) is 79.1. The van der Waals surface area contributed by atoms with Gasteiger partial charge in [-0.25, -0.2) is 4.79 Å². The minimum atomic E-state index is -1.52. The third kappa shape index (κ3) is 80.6. The number of unbranched alkanes of at least 4 members (excludes halogenated alkanes) is 39. The molecule has 0 radical (unpaired) electrons. The molecule has 0 aliphatic carbocycles. The summed E-state index contributed by atoms with van der Waals surface area (Å²) in [6.07, 6.45) is 112. The van der Waals surface area contributed by atoms with Crippen LogP contribution in [0.1, 0.15) is 361 Å². The zero-order valence-corrected chi connectivity index (χ0v) is 65.1. The molecule has 0 aromatic heterocycles. The smallest absolute Gasteiger partial charge is 0.361 e. The molecular formula is C90H156NO8+. The van der Waals surface area contributed by atoms with Crippen molar-refractivity contribution in [3.63, 3.8) is 0 Å². The average Bonchev–Trinajstić information content (AvgIpc) is 1.14. The summed E-state index contributed by atoms with van der Waals surface area (Å²) in [5.41, 5.74) is 0. The van der Waals surface area contributed by atoms with Crippen LogP contribution >= 0.6 is 0 Å². The van der Waals surface area contributed by atoms with Gasteiger partial charge in [0.25, 0.3) is 6.29 Å². The minimum absolute atomic E-state index is 0.179. The van der Waals surface area contributed by atoms with Crippen LogP contribution < -0.4 is 0 Å². The molecule has 0 aliphatic rings. The Labute approximate surface area is 611 Å². The van der Waals surface area contributed by atoms with E-state index in [9.17, 15) is 19.5 Å². The molecular weight excluding hydrogens is 1220 g/mol. The Hall–Kier alpha value is -4.57. The summed E-state index contributed by atoms with van der Waals surface area (Å²) in [5.74, 6) is -2.03. The van der Waals surface area contributed by atoms with Gasteiger partial charge in [-0.15, -0.1) is 0 Å².